The lowest BCUT2D eigenvalue weighted by molar-refractivity contribution is -0.139. The third-order valence-corrected chi connectivity index (χ3v) is 6.68. The fourth-order valence-electron chi connectivity index (χ4n) is 4.33. The zero-order valence-electron chi connectivity index (χ0n) is 17.0. The van der Waals surface area contributed by atoms with E-state index in [4.69, 9.17) is 4.74 Å². The van der Waals surface area contributed by atoms with Gasteiger partial charge in [0.2, 0.25) is 0 Å². The van der Waals surface area contributed by atoms with Crippen molar-refractivity contribution in [1.82, 2.24) is 5.32 Å². The first-order chi connectivity index (χ1) is 14.5. The molecule has 0 bridgehead atoms. The van der Waals surface area contributed by atoms with Crippen molar-refractivity contribution in [2.24, 2.45) is 0 Å². The van der Waals surface area contributed by atoms with E-state index < -0.39 is 17.7 Å². The number of nitrogens with one attached hydrogen (secondary N) is 1. The fraction of sp³-hybridized carbons (Fsp3) is 0.333. The molecular weight excluding hydrogens is 401 g/mol. The topological polar surface area (TPSA) is 55.4 Å². The highest BCUT2D eigenvalue weighted by Crippen LogP contribution is 2.46. The lowest BCUT2D eigenvalue weighted by Crippen LogP contribution is -2.36. The van der Waals surface area contributed by atoms with Gasteiger partial charge in [0.15, 0.2) is 5.78 Å². The van der Waals surface area contributed by atoms with Gasteiger partial charge in [0, 0.05) is 39.7 Å². The van der Waals surface area contributed by atoms with E-state index in [9.17, 15) is 14.0 Å². The molecule has 2 atom stereocenters. The third-order valence-electron chi connectivity index (χ3n) is 5.65. The van der Waals surface area contributed by atoms with Crippen LogP contribution < -0.4 is 5.32 Å². The Morgan fingerprint density at radius 2 is 2.03 bits per heavy atom. The van der Waals surface area contributed by atoms with Crippen LogP contribution in [0.25, 0.3) is 0 Å². The average molecular weight is 426 g/mol. The summed E-state index contributed by atoms with van der Waals surface area (Å²) in [5.74, 6) is -1.66. The summed E-state index contributed by atoms with van der Waals surface area (Å²) in [6.07, 6.45) is 1.69. The third kappa shape index (κ3) is 3.72. The zero-order chi connectivity index (χ0) is 21.3. The maximum atomic E-state index is 14.8. The van der Waals surface area contributed by atoms with Gasteiger partial charge in [0.1, 0.15) is 5.82 Å². The molecule has 1 aliphatic carbocycles. The number of dihydropyridines is 1. The molecule has 1 aromatic heterocycles. The molecule has 0 radical (unpaired) electrons. The van der Waals surface area contributed by atoms with Crippen LogP contribution in [0.4, 0.5) is 4.39 Å². The summed E-state index contributed by atoms with van der Waals surface area (Å²) in [4.78, 5) is 27.4. The predicted molar refractivity (Wildman–Crippen MR) is 115 cm³/mol. The molecule has 0 spiro atoms. The Morgan fingerprint density at radius 1 is 1.23 bits per heavy atom. The van der Waals surface area contributed by atoms with E-state index in [1.807, 2.05) is 24.4 Å². The summed E-state index contributed by atoms with van der Waals surface area (Å²) in [5, 5.41) is 5.29. The minimum absolute atomic E-state index is 0.0521. The summed E-state index contributed by atoms with van der Waals surface area (Å²) in [6.45, 7) is 3.98. The monoisotopic (exact) mass is 425 g/mol. The molecule has 6 heteroatoms. The Bertz CT molecular complexity index is 1040. The van der Waals surface area contributed by atoms with Crippen LogP contribution in [-0.4, -0.2) is 18.4 Å². The van der Waals surface area contributed by atoms with Gasteiger partial charge in [-0.25, -0.2) is 9.18 Å². The minimum atomic E-state index is -0.761. The summed E-state index contributed by atoms with van der Waals surface area (Å²) >= 11 is 1.64. The van der Waals surface area contributed by atoms with Gasteiger partial charge in [-0.05, 0) is 37.3 Å². The van der Waals surface area contributed by atoms with Crippen molar-refractivity contribution in [3.8, 4) is 0 Å². The maximum absolute atomic E-state index is 14.8. The van der Waals surface area contributed by atoms with Crippen LogP contribution in [0.1, 0.15) is 55.4 Å². The number of carbonyl (C=O) groups is 2. The molecule has 1 aromatic carbocycles. The Morgan fingerprint density at radius 3 is 2.73 bits per heavy atom. The number of rotatable bonds is 5. The molecule has 156 valence electrons. The van der Waals surface area contributed by atoms with Crippen molar-refractivity contribution >= 4 is 23.1 Å². The zero-order valence-corrected chi connectivity index (χ0v) is 17.9. The predicted octanol–water partition coefficient (Wildman–Crippen LogP) is 5.20. The molecule has 2 aliphatic rings. The molecule has 2 heterocycles. The number of allylic oxidation sites excluding steroid dienone is 3. The Labute approximate surface area is 179 Å². The van der Waals surface area contributed by atoms with E-state index in [1.165, 1.54) is 6.07 Å². The molecule has 1 N–H and O–H groups in total. The van der Waals surface area contributed by atoms with Crippen LogP contribution >= 0.6 is 11.3 Å². The number of carbonyl (C=O) groups excluding carboxylic acids is 2. The SMILES string of the molecule is CCCOC(=O)C1=C(C)NC2=C(C(=O)C[C@H](c3cccs3)C2)[C@H]1c1ccccc1F. The van der Waals surface area contributed by atoms with Crippen LogP contribution in [0.15, 0.2) is 64.3 Å². The summed E-state index contributed by atoms with van der Waals surface area (Å²) < 4.78 is 20.2. The molecule has 4 rings (SSSR count). The molecule has 0 fully saturated rings. The van der Waals surface area contributed by atoms with Gasteiger partial charge < -0.3 is 10.1 Å². The Kier molecular flexibility index (Phi) is 5.86. The van der Waals surface area contributed by atoms with Crippen molar-refractivity contribution in [3.05, 3.63) is 80.6 Å². The number of thiophene rings is 1. The number of benzene rings is 1. The first-order valence-corrected chi connectivity index (χ1v) is 11.1. The lowest BCUT2D eigenvalue weighted by atomic mass is 9.72. The molecule has 0 saturated carbocycles. The summed E-state index contributed by atoms with van der Waals surface area (Å²) in [5.41, 5.74) is 2.53. The fourth-order valence-corrected chi connectivity index (χ4v) is 5.16. The van der Waals surface area contributed by atoms with E-state index >= 15 is 0 Å². The Balaban J connectivity index is 1.81. The van der Waals surface area contributed by atoms with Gasteiger partial charge in [-0.2, -0.15) is 0 Å². The van der Waals surface area contributed by atoms with Crippen LogP contribution in [0.3, 0.4) is 0 Å². The van der Waals surface area contributed by atoms with E-state index in [0.29, 0.717) is 41.7 Å². The number of ether oxygens (including phenoxy) is 1. The van der Waals surface area contributed by atoms with Crippen molar-refractivity contribution < 1.29 is 18.7 Å². The molecule has 2 aromatic rings. The van der Waals surface area contributed by atoms with Gasteiger partial charge >= 0.3 is 5.97 Å². The van der Waals surface area contributed by atoms with Crippen LogP contribution in [0.5, 0.6) is 0 Å². The second-order valence-electron chi connectivity index (χ2n) is 7.69. The number of Topliss-reactive ketones (excluding diaryl/α,β-unsaturated/α-hetero) is 1. The molecule has 4 nitrogen and oxygen atoms in total. The number of esters is 1. The van der Waals surface area contributed by atoms with Gasteiger partial charge in [0.05, 0.1) is 18.1 Å². The van der Waals surface area contributed by atoms with Gasteiger partial charge in [-0.3, -0.25) is 4.79 Å². The smallest absolute Gasteiger partial charge is 0.336 e. The molecular formula is C24H24FNO3S. The summed E-state index contributed by atoms with van der Waals surface area (Å²) in [7, 11) is 0. The van der Waals surface area contributed by atoms with Crippen molar-refractivity contribution in [3.63, 3.8) is 0 Å². The number of ketones is 1. The number of hydrogen-bond acceptors (Lipinski definition) is 5. The second kappa shape index (κ2) is 8.56. The average Bonchev–Trinajstić information content (AvgIpc) is 3.26. The van der Waals surface area contributed by atoms with E-state index in [1.54, 1.807) is 36.5 Å². The van der Waals surface area contributed by atoms with E-state index in [-0.39, 0.29) is 18.3 Å². The van der Waals surface area contributed by atoms with Gasteiger partial charge in [-0.15, -0.1) is 11.3 Å². The van der Waals surface area contributed by atoms with Crippen LogP contribution in [0.2, 0.25) is 0 Å². The highest BCUT2D eigenvalue weighted by atomic mass is 32.1. The quantitative estimate of drug-likeness (QED) is 0.669. The minimum Gasteiger partial charge on any atom is -0.462 e. The lowest BCUT2D eigenvalue weighted by Gasteiger charge is -2.36. The maximum Gasteiger partial charge on any atom is 0.336 e. The highest BCUT2D eigenvalue weighted by molar-refractivity contribution is 7.10. The Hall–Kier alpha value is -2.73. The number of halogens is 1. The molecule has 1 aliphatic heterocycles. The highest BCUT2D eigenvalue weighted by Gasteiger charge is 2.42. The number of hydrogen-bond donors (Lipinski definition) is 1. The normalized spacial score (nSPS) is 21.4. The molecule has 0 amide bonds. The van der Waals surface area contributed by atoms with Crippen molar-refractivity contribution in [2.75, 3.05) is 6.61 Å². The molecule has 30 heavy (non-hydrogen) atoms. The van der Waals surface area contributed by atoms with E-state index in [0.717, 1.165) is 10.6 Å². The van der Waals surface area contributed by atoms with Crippen molar-refractivity contribution in [2.45, 2.75) is 44.9 Å². The van der Waals surface area contributed by atoms with E-state index in [2.05, 4.69) is 5.32 Å². The van der Waals surface area contributed by atoms with Gasteiger partial charge in [0.25, 0.3) is 0 Å². The summed E-state index contributed by atoms with van der Waals surface area (Å²) in [6, 6.07) is 10.4. The van der Waals surface area contributed by atoms with Crippen LogP contribution in [0, 0.1) is 5.82 Å². The second-order valence-corrected chi connectivity index (χ2v) is 8.67. The molecule has 0 unspecified atom stereocenters. The van der Waals surface area contributed by atoms with Crippen molar-refractivity contribution in [1.29, 1.82) is 0 Å². The van der Waals surface area contributed by atoms with Gasteiger partial charge in [-0.1, -0.05) is 31.2 Å². The standard InChI is InChI=1S/C24H24FNO3S/c1-3-10-29-24(28)21-14(2)26-18-12-15(20-9-6-11-30-20)13-19(27)23(18)22(21)16-7-4-5-8-17(16)25/h4-9,11,15,22,26H,3,10,12-13H2,1-2H3/t15-,22+/m1/s1. The van der Waals surface area contributed by atoms with Crippen LogP contribution in [-0.2, 0) is 14.3 Å². The molecule has 0 saturated heterocycles. The first kappa shape index (κ1) is 20.5. The first-order valence-electron chi connectivity index (χ1n) is 10.2. The largest absolute Gasteiger partial charge is 0.462 e.